The fourth-order valence-corrected chi connectivity index (χ4v) is 4.49. The van der Waals surface area contributed by atoms with Crippen LogP contribution in [0.4, 0.5) is 5.69 Å². The van der Waals surface area contributed by atoms with Crippen LogP contribution in [0.1, 0.15) is 54.7 Å². The number of aromatic hydroxyl groups is 1. The number of aliphatic carboxylic acids is 1. The van der Waals surface area contributed by atoms with Gasteiger partial charge in [-0.1, -0.05) is 39.0 Å². The summed E-state index contributed by atoms with van der Waals surface area (Å²) in [5, 5.41) is 40.5. The van der Waals surface area contributed by atoms with E-state index in [-0.39, 0.29) is 29.7 Å². The molecule has 0 aliphatic carbocycles. The predicted molar refractivity (Wildman–Crippen MR) is 162 cm³/mol. The van der Waals surface area contributed by atoms with Crippen molar-refractivity contribution in [2.24, 2.45) is 4.99 Å². The molecule has 0 fully saturated rings. The fourth-order valence-electron chi connectivity index (χ4n) is 4.49. The Balaban J connectivity index is 1.48. The van der Waals surface area contributed by atoms with Crippen LogP contribution in [-0.4, -0.2) is 69.8 Å². The van der Waals surface area contributed by atoms with Crippen LogP contribution in [0.25, 0.3) is 11.1 Å². The van der Waals surface area contributed by atoms with Gasteiger partial charge in [0.05, 0.1) is 31.7 Å². The van der Waals surface area contributed by atoms with Crippen LogP contribution in [0.15, 0.2) is 65.9 Å². The second kappa shape index (κ2) is 13.3. The van der Waals surface area contributed by atoms with Gasteiger partial charge in [-0.05, 0) is 46.4 Å². The summed E-state index contributed by atoms with van der Waals surface area (Å²) in [6.07, 6.45) is 2.43. The van der Waals surface area contributed by atoms with E-state index in [1.807, 2.05) is 51.1 Å². The number of aromatic nitrogens is 1. The van der Waals surface area contributed by atoms with Crippen LogP contribution >= 0.6 is 0 Å². The maximum atomic E-state index is 13.0. The molecule has 7 N–H and O–H groups in total. The lowest BCUT2D eigenvalue weighted by molar-refractivity contribution is -0.137. The number of hydrogen-bond donors (Lipinski definition) is 7. The van der Waals surface area contributed by atoms with Gasteiger partial charge >= 0.3 is 5.97 Å². The van der Waals surface area contributed by atoms with Gasteiger partial charge in [0.15, 0.2) is 5.96 Å². The molecule has 2 aromatic carbocycles. The molecule has 12 heteroatoms. The van der Waals surface area contributed by atoms with Gasteiger partial charge in [-0.3, -0.25) is 24.4 Å². The molecule has 226 valence electrons. The first-order valence-electron chi connectivity index (χ1n) is 13.8. The predicted octanol–water partition coefficient (Wildman–Crippen LogP) is 2.55. The van der Waals surface area contributed by atoms with Crippen molar-refractivity contribution in [1.82, 2.24) is 20.9 Å². The van der Waals surface area contributed by atoms with Crippen molar-refractivity contribution in [2.45, 2.75) is 44.8 Å². The van der Waals surface area contributed by atoms with Crippen LogP contribution in [0.5, 0.6) is 5.75 Å². The summed E-state index contributed by atoms with van der Waals surface area (Å²) in [5.74, 6) is -2.09. The number of aliphatic hydroxyl groups is 1. The second-order valence-corrected chi connectivity index (χ2v) is 11.4. The number of rotatable bonds is 9. The van der Waals surface area contributed by atoms with Crippen molar-refractivity contribution < 1.29 is 29.7 Å². The van der Waals surface area contributed by atoms with Gasteiger partial charge in [-0.25, -0.2) is 0 Å². The average molecular weight is 589 g/mol. The van der Waals surface area contributed by atoms with Gasteiger partial charge < -0.3 is 36.6 Å². The van der Waals surface area contributed by atoms with Crippen molar-refractivity contribution in [3.63, 3.8) is 0 Å². The lowest BCUT2D eigenvalue weighted by Crippen LogP contribution is -2.42. The van der Waals surface area contributed by atoms with Gasteiger partial charge in [-0.2, -0.15) is 0 Å². The number of guanidine groups is 1. The molecule has 12 nitrogen and oxygen atoms in total. The number of amides is 2. The van der Waals surface area contributed by atoms with E-state index in [1.54, 1.807) is 12.4 Å². The van der Waals surface area contributed by atoms with E-state index >= 15 is 0 Å². The van der Waals surface area contributed by atoms with E-state index in [9.17, 15) is 29.7 Å². The molecule has 0 saturated heterocycles. The molecule has 4 rings (SSSR count). The first-order chi connectivity index (χ1) is 20.4. The van der Waals surface area contributed by atoms with E-state index in [0.717, 1.165) is 16.7 Å². The molecule has 1 aliphatic rings. The molecule has 43 heavy (non-hydrogen) atoms. The highest BCUT2D eigenvalue weighted by Gasteiger charge is 2.23. The summed E-state index contributed by atoms with van der Waals surface area (Å²) in [6, 6.07) is 12.8. The van der Waals surface area contributed by atoms with Crippen LogP contribution in [-0.2, 0) is 15.0 Å². The van der Waals surface area contributed by atoms with Crippen LogP contribution in [0.3, 0.4) is 0 Å². The Hall–Kier alpha value is -4.97. The molecule has 2 heterocycles. The number of nitrogens with one attached hydrogen (secondary N) is 4. The Kier molecular flexibility index (Phi) is 9.61. The molecule has 0 bridgehead atoms. The number of phenolic OH excluding ortho intramolecular Hbond substituents is 1. The minimum Gasteiger partial charge on any atom is -0.508 e. The van der Waals surface area contributed by atoms with Crippen LogP contribution < -0.4 is 21.3 Å². The zero-order valence-electron chi connectivity index (χ0n) is 24.2. The van der Waals surface area contributed by atoms with Crippen LogP contribution in [0.2, 0.25) is 0 Å². The minimum atomic E-state index is -1.09. The number of carboxylic acid groups (broad SMARTS) is 1. The molecule has 1 aliphatic heterocycles. The van der Waals surface area contributed by atoms with E-state index in [0.29, 0.717) is 23.8 Å². The SMILES string of the molecule is CC(C)(C)c1cc(-c2cccnc2)cc(C(CC(=O)O)NC(=O)CNC(=O)c2cc(O)cc(NC3=NCC(O)CN3)c2)c1. The smallest absolute Gasteiger partial charge is 0.305 e. The zero-order chi connectivity index (χ0) is 31.1. The third-order valence-corrected chi connectivity index (χ3v) is 6.75. The summed E-state index contributed by atoms with van der Waals surface area (Å²) in [6.45, 7) is 6.24. The van der Waals surface area contributed by atoms with Gasteiger partial charge in [0, 0.05) is 41.8 Å². The molecule has 2 amide bonds. The molecular weight excluding hydrogens is 552 g/mol. The van der Waals surface area contributed by atoms with E-state index in [1.165, 1.54) is 18.2 Å². The first kappa shape index (κ1) is 31.0. The van der Waals surface area contributed by atoms with E-state index < -0.39 is 36.5 Å². The third kappa shape index (κ3) is 8.76. The average Bonchev–Trinajstić information content (AvgIpc) is 2.96. The number of phenols is 1. The molecule has 0 saturated carbocycles. The highest BCUT2D eigenvalue weighted by atomic mass is 16.4. The summed E-state index contributed by atoms with van der Waals surface area (Å²) in [4.78, 5) is 46.0. The Morgan fingerprint density at radius 1 is 1.09 bits per heavy atom. The number of nitrogens with zero attached hydrogens (tertiary/aromatic N) is 2. The number of β-amino-alcohol motifs (C(OH)–C–C–N with tert-alkyl or cyclic N) is 1. The van der Waals surface area contributed by atoms with Gasteiger partial charge in [0.1, 0.15) is 5.75 Å². The zero-order valence-corrected chi connectivity index (χ0v) is 24.2. The summed E-state index contributed by atoms with van der Waals surface area (Å²) in [7, 11) is 0. The number of aliphatic imine (C=N–C) groups is 1. The monoisotopic (exact) mass is 588 g/mol. The van der Waals surface area contributed by atoms with Gasteiger partial charge in [0.25, 0.3) is 5.91 Å². The van der Waals surface area contributed by atoms with Crippen molar-refractivity contribution in [3.05, 3.63) is 77.6 Å². The minimum absolute atomic E-state index is 0.0906. The number of aliphatic hydroxyl groups excluding tert-OH is 1. The summed E-state index contributed by atoms with van der Waals surface area (Å²) >= 11 is 0. The molecule has 2 atom stereocenters. The molecule has 3 aromatic rings. The summed E-state index contributed by atoms with van der Waals surface area (Å²) in [5.41, 5.74) is 3.48. The lowest BCUT2D eigenvalue weighted by Gasteiger charge is -2.25. The maximum absolute atomic E-state index is 13.0. The van der Waals surface area contributed by atoms with Crippen molar-refractivity contribution in [1.29, 1.82) is 0 Å². The quantitative estimate of drug-likeness (QED) is 0.197. The number of carbonyl (C=O) groups excluding carboxylic acids is 2. The van der Waals surface area contributed by atoms with Gasteiger partial charge in [0.2, 0.25) is 5.91 Å². The number of hydrogen-bond acceptors (Lipinski definition) is 9. The number of anilines is 1. The molecule has 0 radical (unpaired) electrons. The number of carboxylic acids is 1. The Morgan fingerprint density at radius 3 is 2.53 bits per heavy atom. The van der Waals surface area contributed by atoms with Crippen molar-refractivity contribution in [3.8, 4) is 16.9 Å². The van der Waals surface area contributed by atoms with Crippen molar-refractivity contribution >= 4 is 29.4 Å². The molecule has 0 spiro atoms. The first-order valence-corrected chi connectivity index (χ1v) is 13.8. The highest BCUT2D eigenvalue weighted by molar-refractivity contribution is 6.00. The molecule has 1 aromatic heterocycles. The molecule has 2 unspecified atom stereocenters. The third-order valence-electron chi connectivity index (χ3n) is 6.75. The van der Waals surface area contributed by atoms with Gasteiger partial charge in [-0.15, -0.1) is 0 Å². The molecular formula is C31H36N6O6. The van der Waals surface area contributed by atoms with E-state index in [4.69, 9.17) is 0 Å². The Bertz CT molecular complexity index is 1520. The second-order valence-electron chi connectivity index (χ2n) is 11.4. The van der Waals surface area contributed by atoms with E-state index in [2.05, 4.69) is 31.2 Å². The van der Waals surface area contributed by atoms with Crippen molar-refractivity contribution in [2.75, 3.05) is 25.0 Å². The lowest BCUT2D eigenvalue weighted by atomic mass is 9.83. The number of carbonyl (C=O) groups is 3. The van der Waals surface area contributed by atoms with Crippen LogP contribution in [0, 0.1) is 0 Å². The number of pyridine rings is 1. The highest BCUT2D eigenvalue weighted by Crippen LogP contribution is 2.32. The summed E-state index contributed by atoms with van der Waals surface area (Å²) < 4.78 is 0. The Morgan fingerprint density at radius 2 is 1.88 bits per heavy atom. The maximum Gasteiger partial charge on any atom is 0.305 e. The largest absolute Gasteiger partial charge is 0.508 e. The fraction of sp³-hybridized carbons (Fsp3) is 0.323. The Labute approximate surface area is 249 Å². The normalized spacial score (nSPS) is 15.4. The topological polar surface area (TPSA) is 185 Å². The number of benzene rings is 2. The standard InChI is InChI=1S/C31H36N6O6/c1-31(2,3)22-8-19(18-5-4-6-32-14-18)7-20(9-22)26(13-28(41)42)37-27(40)17-33-29(43)21-10-23(12-24(38)11-21)36-30-34-15-25(39)16-35-30/h4-12,14,25-26,38-39H,13,15-17H2,1-3H3,(H,33,43)(H,37,40)(H,41,42)(H2,34,35,36).